The summed E-state index contributed by atoms with van der Waals surface area (Å²) >= 11 is 5.10. The van der Waals surface area contributed by atoms with Crippen LogP contribution >= 0.6 is 27.3 Å². The van der Waals surface area contributed by atoms with Crippen molar-refractivity contribution in [3.8, 4) is 11.3 Å². The van der Waals surface area contributed by atoms with Crippen LogP contribution in [0.4, 0.5) is 5.69 Å². The molecule has 0 aliphatic carbocycles. The molecule has 3 aromatic rings. The molecule has 0 radical (unpaired) electrons. The monoisotopic (exact) mass is 388 g/mol. The zero-order valence-electron chi connectivity index (χ0n) is 12.5. The summed E-state index contributed by atoms with van der Waals surface area (Å²) in [4.78, 5) is 5.70. The third kappa shape index (κ3) is 3.99. The second kappa shape index (κ2) is 7.73. The first kappa shape index (κ1) is 16.2. The first-order valence-electron chi connectivity index (χ1n) is 7.43. The Balaban J connectivity index is 2.07. The van der Waals surface area contributed by atoms with E-state index in [9.17, 15) is 5.11 Å². The van der Waals surface area contributed by atoms with E-state index in [0.29, 0.717) is 6.42 Å². The average Bonchev–Trinajstić information content (AvgIpc) is 2.97. The third-order valence-corrected chi connectivity index (χ3v) is 4.85. The summed E-state index contributed by atoms with van der Waals surface area (Å²) in [5.41, 5.74) is 3.22. The van der Waals surface area contributed by atoms with Gasteiger partial charge in [0.1, 0.15) is 0 Å². The van der Waals surface area contributed by atoms with Gasteiger partial charge in [-0.25, -0.2) is 4.99 Å². The van der Waals surface area contributed by atoms with Crippen molar-refractivity contribution in [1.29, 1.82) is 0 Å². The van der Waals surface area contributed by atoms with Crippen LogP contribution in [0.15, 0.2) is 69.4 Å². The van der Waals surface area contributed by atoms with E-state index in [4.69, 9.17) is 4.99 Å². The van der Waals surface area contributed by atoms with Crippen molar-refractivity contribution in [3.63, 3.8) is 0 Å². The smallest absolute Gasteiger partial charge is 0.190 e. The van der Waals surface area contributed by atoms with Crippen LogP contribution < -0.4 is 4.80 Å². The van der Waals surface area contributed by atoms with Crippen LogP contribution in [0, 0.1) is 0 Å². The van der Waals surface area contributed by atoms with E-state index in [1.54, 1.807) is 11.3 Å². The van der Waals surface area contributed by atoms with Gasteiger partial charge in [0.25, 0.3) is 0 Å². The molecule has 0 amide bonds. The highest BCUT2D eigenvalue weighted by Gasteiger charge is 2.08. The van der Waals surface area contributed by atoms with Crippen LogP contribution in [-0.4, -0.2) is 16.3 Å². The molecule has 1 heterocycles. The van der Waals surface area contributed by atoms with Crippen molar-refractivity contribution in [2.75, 3.05) is 6.61 Å². The number of para-hydroxylation sites is 1. The number of aliphatic hydroxyl groups is 1. The molecule has 0 fully saturated rings. The van der Waals surface area contributed by atoms with Crippen molar-refractivity contribution >= 4 is 33.0 Å². The van der Waals surface area contributed by atoms with Gasteiger partial charge >= 0.3 is 0 Å². The molecule has 3 rings (SSSR count). The van der Waals surface area contributed by atoms with Gasteiger partial charge in [-0.2, -0.15) is 0 Å². The Morgan fingerprint density at radius 2 is 1.78 bits per heavy atom. The molecular formula is C18H17BrN2OS. The minimum absolute atomic E-state index is 0.174. The molecule has 23 heavy (non-hydrogen) atoms. The summed E-state index contributed by atoms with van der Waals surface area (Å²) in [5, 5.41) is 11.3. The van der Waals surface area contributed by atoms with Gasteiger partial charge in [-0.05, 0) is 36.2 Å². The fraction of sp³-hybridized carbons (Fsp3) is 0.167. The highest BCUT2D eigenvalue weighted by Crippen LogP contribution is 2.23. The summed E-state index contributed by atoms with van der Waals surface area (Å²) in [5.74, 6) is 0. The van der Waals surface area contributed by atoms with E-state index >= 15 is 0 Å². The molecule has 0 aliphatic heterocycles. The van der Waals surface area contributed by atoms with Crippen molar-refractivity contribution in [2.45, 2.75) is 13.0 Å². The Morgan fingerprint density at radius 3 is 2.48 bits per heavy atom. The van der Waals surface area contributed by atoms with Crippen molar-refractivity contribution in [3.05, 3.63) is 69.3 Å². The van der Waals surface area contributed by atoms with Gasteiger partial charge in [-0.3, -0.25) is 0 Å². The number of halogens is 1. The van der Waals surface area contributed by atoms with Crippen LogP contribution in [0.2, 0.25) is 0 Å². The molecule has 0 bridgehead atoms. The van der Waals surface area contributed by atoms with E-state index in [1.807, 2.05) is 42.5 Å². The highest BCUT2D eigenvalue weighted by atomic mass is 79.9. The van der Waals surface area contributed by atoms with Crippen LogP contribution in [0.3, 0.4) is 0 Å². The van der Waals surface area contributed by atoms with E-state index < -0.39 is 0 Å². The van der Waals surface area contributed by atoms with Gasteiger partial charge in [-0.1, -0.05) is 46.3 Å². The Morgan fingerprint density at radius 1 is 1.04 bits per heavy atom. The summed E-state index contributed by atoms with van der Waals surface area (Å²) in [6, 6.07) is 18.2. The molecule has 118 valence electrons. The molecule has 0 spiro atoms. The largest absolute Gasteiger partial charge is 0.396 e. The van der Waals surface area contributed by atoms with Crippen molar-refractivity contribution in [2.24, 2.45) is 4.99 Å². The molecule has 0 unspecified atom stereocenters. The molecular weight excluding hydrogens is 372 g/mol. The topological polar surface area (TPSA) is 37.5 Å². The maximum absolute atomic E-state index is 9.20. The minimum Gasteiger partial charge on any atom is -0.396 e. The van der Waals surface area contributed by atoms with Crippen LogP contribution in [0.1, 0.15) is 6.42 Å². The summed E-state index contributed by atoms with van der Waals surface area (Å²) in [7, 11) is 0. The van der Waals surface area contributed by atoms with Gasteiger partial charge in [-0.15, -0.1) is 11.3 Å². The maximum atomic E-state index is 9.20. The lowest BCUT2D eigenvalue weighted by molar-refractivity contribution is 0.279. The molecule has 0 aliphatic rings. The maximum Gasteiger partial charge on any atom is 0.190 e. The summed E-state index contributed by atoms with van der Waals surface area (Å²) in [6.07, 6.45) is 0.711. The number of thiazole rings is 1. The number of nitrogens with zero attached hydrogens (tertiary/aromatic N) is 2. The second-order valence-corrected chi connectivity index (χ2v) is 6.84. The quantitative estimate of drug-likeness (QED) is 0.681. The fourth-order valence-electron chi connectivity index (χ4n) is 2.33. The molecule has 1 N–H and O–H groups in total. The highest BCUT2D eigenvalue weighted by molar-refractivity contribution is 9.10. The van der Waals surface area contributed by atoms with Crippen molar-refractivity contribution < 1.29 is 5.11 Å². The summed E-state index contributed by atoms with van der Waals surface area (Å²) in [6.45, 7) is 0.921. The summed E-state index contributed by atoms with van der Waals surface area (Å²) < 4.78 is 3.24. The Bertz CT molecular complexity index is 822. The number of aliphatic hydroxyl groups excluding tert-OH is 1. The molecule has 1 aromatic heterocycles. The Hall–Kier alpha value is -1.69. The van der Waals surface area contributed by atoms with Crippen LogP contribution in [0.5, 0.6) is 0 Å². The first-order chi connectivity index (χ1) is 11.3. The van der Waals surface area contributed by atoms with Gasteiger partial charge < -0.3 is 9.67 Å². The number of aromatic nitrogens is 1. The van der Waals surface area contributed by atoms with Gasteiger partial charge in [0.05, 0.1) is 11.4 Å². The number of rotatable bonds is 5. The first-order valence-corrected chi connectivity index (χ1v) is 9.10. The Kier molecular flexibility index (Phi) is 5.43. The molecule has 0 saturated carbocycles. The van der Waals surface area contributed by atoms with Crippen molar-refractivity contribution in [1.82, 2.24) is 4.57 Å². The van der Waals surface area contributed by atoms with E-state index in [2.05, 4.69) is 38.0 Å². The fourth-order valence-corrected chi connectivity index (χ4v) is 3.55. The van der Waals surface area contributed by atoms with E-state index in [-0.39, 0.29) is 6.61 Å². The predicted octanol–water partition coefficient (Wildman–Crippen LogP) is 4.59. The zero-order valence-corrected chi connectivity index (χ0v) is 14.9. The number of hydrogen-bond donors (Lipinski definition) is 1. The molecule has 3 nitrogen and oxygen atoms in total. The third-order valence-electron chi connectivity index (χ3n) is 3.46. The minimum atomic E-state index is 0.174. The Labute approximate surface area is 147 Å². The lowest BCUT2D eigenvalue weighted by Crippen LogP contribution is -2.16. The van der Waals surface area contributed by atoms with E-state index in [1.165, 1.54) is 0 Å². The molecule has 0 atom stereocenters. The number of benzene rings is 2. The molecule has 2 aromatic carbocycles. The SMILES string of the molecule is OCCCn1c(-c2ccc(Br)cc2)csc1=Nc1ccccc1. The van der Waals surface area contributed by atoms with Gasteiger partial charge in [0.2, 0.25) is 0 Å². The van der Waals surface area contributed by atoms with Gasteiger partial charge in [0.15, 0.2) is 4.80 Å². The van der Waals surface area contributed by atoms with Crippen LogP contribution in [0.25, 0.3) is 11.3 Å². The van der Waals surface area contributed by atoms with E-state index in [0.717, 1.165) is 32.8 Å². The van der Waals surface area contributed by atoms with Crippen LogP contribution in [-0.2, 0) is 6.54 Å². The predicted molar refractivity (Wildman–Crippen MR) is 98.8 cm³/mol. The lowest BCUT2D eigenvalue weighted by atomic mass is 10.2. The zero-order chi connectivity index (χ0) is 16.1. The second-order valence-electron chi connectivity index (χ2n) is 5.09. The lowest BCUT2D eigenvalue weighted by Gasteiger charge is -2.08. The average molecular weight is 389 g/mol. The standard InChI is InChI=1S/C18H17BrN2OS/c19-15-9-7-14(8-10-15)17-13-23-18(21(17)11-4-12-22)20-16-5-2-1-3-6-16/h1-3,5-10,13,22H,4,11-12H2. The number of hydrogen-bond acceptors (Lipinski definition) is 3. The molecule has 5 heteroatoms. The molecule has 0 saturated heterocycles. The van der Waals surface area contributed by atoms with Gasteiger partial charge in [0, 0.05) is 23.0 Å². The normalized spacial score (nSPS) is 11.8.